The highest BCUT2D eigenvalue weighted by Crippen LogP contribution is 2.03. The van der Waals surface area contributed by atoms with Gasteiger partial charge in [0.1, 0.15) is 0 Å². The van der Waals surface area contributed by atoms with Crippen LogP contribution >= 0.6 is 0 Å². The zero-order valence-electron chi connectivity index (χ0n) is 8.65. The Hall–Kier alpha value is -1.08. The first kappa shape index (κ1) is 11.0. The third-order valence-electron chi connectivity index (χ3n) is 1.85. The van der Waals surface area contributed by atoms with E-state index >= 15 is 0 Å². The Morgan fingerprint density at radius 1 is 1.14 bits per heavy atom. The Labute approximate surface area is 86.4 Å². The van der Waals surface area contributed by atoms with E-state index in [9.17, 15) is 0 Å². The van der Waals surface area contributed by atoms with Gasteiger partial charge < -0.3 is 4.74 Å². The number of ether oxygens (including phenoxy) is 1. The van der Waals surface area contributed by atoms with Crippen LogP contribution in [0.15, 0.2) is 36.4 Å². The van der Waals surface area contributed by atoms with E-state index in [2.05, 4.69) is 24.3 Å². The molecule has 0 aliphatic rings. The highest BCUT2D eigenvalue weighted by atomic mass is 16.5. The smallest absolute Gasteiger partial charge is 0.0839 e. The lowest BCUT2D eigenvalue weighted by Gasteiger charge is -1.96. The van der Waals surface area contributed by atoms with E-state index < -0.39 is 0 Å². The summed E-state index contributed by atoms with van der Waals surface area (Å²) in [5, 5.41) is 0. The number of unbranched alkanes of at least 4 members (excludes halogenated alkanes) is 1. The summed E-state index contributed by atoms with van der Waals surface area (Å²) in [5.41, 5.74) is 1.25. The van der Waals surface area contributed by atoms with Crippen LogP contribution in [0.3, 0.4) is 0 Å². The molecule has 1 rings (SSSR count). The quantitative estimate of drug-likeness (QED) is 0.620. The fourth-order valence-electron chi connectivity index (χ4n) is 1.15. The minimum atomic E-state index is 0.766. The average molecular weight is 189 g/mol. The van der Waals surface area contributed by atoms with Crippen molar-refractivity contribution in [3.63, 3.8) is 0 Å². The Morgan fingerprint density at radius 2 is 1.93 bits per heavy atom. The van der Waals surface area contributed by atoms with Gasteiger partial charge in [0.05, 0.1) is 6.61 Å². The molecule has 1 aromatic carbocycles. The van der Waals surface area contributed by atoms with Gasteiger partial charge >= 0.3 is 0 Å². The molecule has 0 unspecified atom stereocenters. The van der Waals surface area contributed by atoms with Crippen LogP contribution in [0.1, 0.15) is 25.3 Å². The molecule has 0 atom stereocenters. The molecule has 0 saturated carbocycles. The molecule has 0 saturated heterocycles. The molecule has 1 nitrogen and oxygen atoms in total. The maximum atomic E-state index is 5.13. The maximum Gasteiger partial charge on any atom is 0.0839 e. The minimum Gasteiger partial charge on any atom is -0.376 e. The van der Waals surface area contributed by atoms with Crippen LogP contribution in [-0.4, -0.2) is 6.61 Å². The fraction of sp³-hybridized carbons (Fsp3) is 0.308. The SMILES string of the molecule is CCO[CH]CCC=Cc1ccccc1. The summed E-state index contributed by atoms with van der Waals surface area (Å²) in [6.45, 7) is 4.63. The zero-order valence-corrected chi connectivity index (χ0v) is 8.65. The van der Waals surface area contributed by atoms with Crippen molar-refractivity contribution in [2.75, 3.05) is 6.61 Å². The summed E-state index contributed by atoms with van der Waals surface area (Å²) in [6, 6.07) is 10.3. The normalized spacial score (nSPS) is 10.9. The molecule has 14 heavy (non-hydrogen) atoms. The largest absolute Gasteiger partial charge is 0.376 e. The van der Waals surface area contributed by atoms with Gasteiger partial charge in [0.2, 0.25) is 0 Å². The van der Waals surface area contributed by atoms with E-state index in [-0.39, 0.29) is 0 Å². The van der Waals surface area contributed by atoms with Gasteiger partial charge in [0.15, 0.2) is 0 Å². The van der Waals surface area contributed by atoms with Crippen LogP contribution in [0.5, 0.6) is 0 Å². The summed E-state index contributed by atoms with van der Waals surface area (Å²) >= 11 is 0. The predicted octanol–water partition coefficient (Wildman–Crippen LogP) is 3.68. The van der Waals surface area contributed by atoms with Crippen LogP contribution in [0.4, 0.5) is 0 Å². The maximum absolute atomic E-state index is 5.13. The minimum absolute atomic E-state index is 0.766. The van der Waals surface area contributed by atoms with Gasteiger partial charge in [-0.05, 0) is 25.3 Å². The highest BCUT2D eigenvalue weighted by Gasteiger charge is 1.85. The van der Waals surface area contributed by atoms with Crippen molar-refractivity contribution < 1.29 is 4.74 Å². The molecule has 75 valence electrons. The first-order valence-electron chi connectivity index (χ1n) is 5.08. The molecular formula is C13H17O. The monoisotopic (exact) mass is 189 g/mol. The molecule has 0 heterocycles. The van der Waals surface area contributed by atoms with E-state index in [0.29, 0.717) is 0 Å². The molecule has 0 N–H and O–H groups in total. The zero-order chi connectivity index (χ0) is 10.1. The van der Waals surface area contributed by atoms with E-state index in [1.54, 1.807) is 0 Å². The molecule has 0 aliphatic carbocycles. The summed E-state index contributed by atoms with van der Waals surface area (Å²) in [6.07, 6.45) is 6.33. The molecule has 1 radical (unpaired) electrons. The van der Waals surface area contributed by atoms with E-state index in [0.717, 1.165) is 19.4 Å². The van der Waals surface area contributed by atoms with Gasteiger partial charge in [-0.3, -0.25) is 0 Å². The van der Waals surface area contributed by atoms with Crippen molar-refractivity contribution in [3.8, 4) is 0 Å². The number of hydrogen-bond donors (Lipinski definition) is 0. The summed E-state index contributed by atoms with van der Waals surface area (Å²) in [4.78, 5) is 0. The fourth-order valence-corrected chi connectivity index (χ4v) is 1.15. The van der Waals surface area contributed by atoms with Crippen molar-refractivity contribution in [2.45, 2.75) is 19.8 Å². The average Bonchev–Trinajstić information content (AvgIpc) is 2.25. The second-order valence-electron chi connectivity index (χ2n) is 3.01. The molecule has 0 spiro atoms. The summed E-state index contributed by atoms with van der Waals surface area (Å²) in [7, 11) is 0. The first-order chi connectivity index (χ1) is 6.93. The number of benzene rings is 1. The molecule has 0 amide bonds. The van der Waals surface area contributed by atoms with Crippen LogP contribution in [0.2, 0.25) is 0 Å². The van der Waals surface area contributed by atoms with E-state index in [4.69, 9.17) is 4.74 Å². The number of rotatable bonds is 6. The number of hydrogen-bond acceptors (Lipinski definition) is 1. The molecule has 0 aromatic heterocycles. The Bertz CT molecular complexity index is 251. The molecule has 1 aromatic rings. The van der Waals surface area contributed by atoms with Gasteiger partial charge in [-0.1, -0.05) is 42.5 Å². The van der Waals surface area contributed by atoms with Crippen LogP contribution < -0.4 is 0 Å². The second-order valence-corrected chi connectivity index (χ2v) is 3.01. The van der Waals surface area contributed by atoms with Crippen LogP contribution in [0, 0.1) is 6.61 Å². The van der Waals surface area contributed by atoms with Crippen LogP contribution in [-0.2, 0) is 4.74 Å². The Morgan fingerprint density at radius 3 is 2.64 bits per heavy atom. The van der Waals surface area contributed by atoms with E-state index in [1.165, 1.54) is 5.56 Å². The van der Waals surface area contributed by atoms with Gasteiger partial charge in [0.25, 0.3) is 0 Å². The molecule has 0 aliphatic heterocycles. The lowest BCUT2D eigenvalue weighted by atomic mass is 10.2. The predicted molar refractivity (Wildman–Crippen MR) is 60.6 cm³/mol. The summed E-state index contributed by atoms with van der Waals surface area (Å²) in [5.74, 6) is 0. The lowest BCUT2D eigenvalue weighted by Crippen LogP contribution is -1.84. The van der Waals surface area contributed by atoms with Gasteiger partial charge in [0, 0.05) is 6.61 Å². The van der Waals surface area contributed by atoms with Gasteiger partial charge in [-0.15, -0.1) is 0 Å². The topological polar surface area (TPSA) is 9.23 Å². The molecule has 0 bridgehead atoms. The van der Waals surface area contributed by atoms with Gasteiger partial charge in [-0.2, -0.15) is 0 Å². The van der Waals surface area contributed by atoms with Crippen molar-refractivity contribution in [2.24, 2.45) is 0 Å². The van der Waals surface area contributed by atoms with Crippen molar-refractivity contribution in [1.82, 2.24) is 0 Å². The Balaban J connectivity index is 2.15. The lowest BCUT2D eigenvalue weighted by molar-refractivity contribution is 0.208. The van der Waals surface area contributed by atoms with E-state index in [1.807, 2.05) is 31.7 Å². The molecular weight excluding hydrogens is 172 g/mol. The van der Waals surface area contributed by atoms with Gasteiger partial charge in [-0.25, -0.2) is 0 Å². The highest BCUT2D eigenvalue weighted by molar-refractivity contribution is 5.48. The van der Waals surface area contributed by atoms with Crippen molar-refractivity contribution >= 4 is 6.08 Å². The summed E-state index contributed by atoms with van der Waals surface area (Å²) < 4.78 is 5.13. The second kappa shape index (κ2) is 7.34. The molecule has 0 fully saturated rings. The standard InChI is InChI=1S/C13H17O/c1-2-14-12-8-4-7-11-13-9-5-3-6-10-13/h3,5-7,9-12H,2,4,8H2,1H3. The molecule has 1 heteroatoms. The van der Waals surface area contributed by atoms with Crippen molar-refractivity contribution in [3.05, 3.63) is 48.6 Å². The van der Waals surface area contributed by atoms with Crippen LogP contribution in [0.25, 0.3) is 6.08 Å². The third kappa shape index (κ3) is 4.83. The Kier molecular flexibility index (Phi) is 5.76. The number of allylic oxidation sites excluding steroid dienone is 1. The third-order valence-corrected chi connectivity index (χ3v) is 1.85. The van der Waals surface area contributed by atoms with Crippen molar-refractivity contribution in [1.29, 1.82) is 0 Å². The first-order valence-corrected chi connectivity index (χ1v) is 5.08.